The van der Waals surface area contributed by atoms with Crippen molar-refractivity contribution in [2.75, 3.05) is 24.2 Å². The van der Waals surface area contributed by atoms with E-state index in [0.717, 1.165) is 12.8 Å². The van der Waals surface area contributed by atoms with Crippen molar-refractivity contribution in [3.63, 3.8) is 0 Å². The third kappa shape index (κ3) is 4.36. The Labute approximate surface area is 107 Å². The van der Waals surface area contributed by atoms with Gasteiger partial charge in [0.15, 0.2) is 5.82 Å². The Morgan fingerprint density at radius 2 is 2.24 bits per heavy atom. The topological polar surface area (TPSA) is 70.1 Å². The van der Waals surface area contributed by atoms with Crippen LogP contribution in [0.15, 0.2) is 6.20 Å². The molecule has 1 aromatic rings. The van der Waals surface area contributed by atoms with Gasteiger partial charge in [-0.3, -0.25) is 0 Å². The molecular formula is C11H19ClN4O. The van der Waals surface area contributed by atoms with Gasteiger partial charge in [0.25, 0.3) is 0 Å². The zero-order chi connectivity index (χ0) is 12.9. The molecule has 1 atom stereocenters. The Balaban J connectivity index is 2.68. The van der Waals surface area contributed by atoms with E-state index in [0.29, 0.717) is 23.3 Å². The van der Waals surface area contributed by atoms with Crippen molar-refractivity contribution in [1.29, 1.82) is 0 Å². The van der Waals surface area contributed by atoms with Gasteiger partial charge in [0.1, 0.15) is 5.02 Å². The Morgan fingerprint density at radius 1 is 1.53 bits per heavy atom. The number of rotatable bonds is 6. The van der Waals surface area contributed by atoms with Gasteiger partial charge in [-0.05, 0) is 13.3 Å². The summed E-state index contributed by atoms with van der Waals surface area (Å²) in [5, 5.41) is 16.3. The molecule has 0 aliphatic carbocycles. The summed E-state index contributed by atoms with van der Waals surface area (Å²) in [4.78, 5) is 8.16. The van der Waals surface area contributed by atoms with Gasteiger partial charge in [0, 0.05) is 13.6 Å². The average molecular weight is 259 g/mol. The highest BCUT2D eigenvalue weighted by Gasteiger charge is 2.19. The third-order valence-corrected chi connectivity index (χ3v) is 2.67. The fraction of sp³-hybridized carbons (Fsp3) is 0.636. The largest absolute Gasteiger partial charge is 0.388 e. The van der Waals surface area contributed by atoms with Crippen LogP contribution in [0.25, 0.3) is 0 Å². The highest BCUT2D eigenvalue weighted by Crippen LogP contribution is 2.21. The Kier molecular flexibility index (Phi) is 4.96. The SMILES string of the molecule is CCCC(C)(O)CNc1nc(NC)ncc1Cl. The zero-order valence-corrected chi connectivity index (χ0v) is 11.2. The van der Waals surface area contributed by atoms with Crippen molar-refractivity contribution in [3.8, 4) is 0 Å². The number of aliphatic hydroxyl groups is 1. The van der Waals surface area contributed by atoms with Gasteiger partial charge in [-0.2, -0.15) is 4.98 Å². The predicted molar refractivity (Wildman–Crippen MR) is 70.6 cm³/mol. The maximum absolute atomic E-state index is 10.0. The molecular weight excluding hydrogens is 240 g/mol. The van der Waals surface area contributed by atoms with Crippen LogP contribution in [0, 0.1) is 0 Å². The smallest absolute Gasteiger partial charge is 0.224 e. The summed E-state index contributed by atoms with van der Waals surface area (Å²) >= 11 is 5.96. The molecule has 96 valence electrons. The van der Waals surface area contributed by atoms with Crippen LogP contribution in [0.1, 0.15) is 26.7 Å². The van der Waals surface area contributed by atoms with Gasteiger partial charge in [-0.1, -0.05) is 24.9 Å². The Bertz CT molecular complexity index is 370. The minimum absolute atomic E-state index is 0.403. The molecule has 0 aliphatic rings. The lowest BCUT2D eigenvalue weighted by molar-refractivity contribution is 0.0636. The number of nitrogens with zero attached hydrogens (tertiary/aromatic N) is 2. The van der Waals surface area contributed by atoms with E-state index >= 15 is 0 Å². The summed E-state index contributed by atoms with van der Waals surface area (Å²) < 4.78 is 0. The highest BCUT2D eigenvalue weighted by atomic mass is 35.5. The maximum Gasteiger partial charge on any atom is 0.224 e. The van der Waals surface area contributed by atoms with E-state index < -0.39 is 5.60 Å². The monoisotopic (exact) mass is 258 g/mol. The molecule has 6 heteroatoms. The van der Waals surface area contributed by atoms with Crippen LogP contribution in [0.5, 0.6) is 0 Å². The van der Waals surface area contributed by atoms with E-state index in [2.05, 4.69) is 20.6 Å². The van der Waals surface area contributed by atoms with Crippen molar-refractivity contribution in [3.05, 3.63) is 11.2 Å². The molecule has 0 fully saturated rings. The molecule has 0 saturated carbocycles. The van der Waals surface area contributed by atoms with Crippen molar-refractivity contribution < 1.29 is 5.11 Å². The van der Waals surface area contributed by atoms with Crippen LogP contribution in [0.2, 0.25) is 5.02 Å². The van der Waals surface area contributed by atoms with E-state index in [1.54, 1.807) is 14.0 Å². The van der Waals surface area contributed by atoms with E-state index in [9.17, 15) is 5.11 Å². The number of anilines is 2. The fourth-order valence-corrected chi connectivity index (χ4v) is 1.67. The van der Waals surface area contributed by atoms with Gasteiger partial charge in [-0.15, -0.1) is 0 Å². The van der Waals surface area contributed by atoms with Crippen molar-refractivity contribution in [2.24, 2.45) is 0 Å². The minimum atomic E-state index is -0.761. The maximum atomic E-state index is 10.0. The molecule has 0 bridgehead atoms. The zero-order valence-electron chi connectivity index (χ0n) is 10.4. The average Bonchev–Trinajstić information content (AvgIpc) is 2.28. The van der Waals surface area contributed by atoms with Crippen LogP contribution < -0.4 is 10.6 Å². The molecule has 0 saturated heterocycles. The molecule has 1 heterocycles. The molecule has 0 amide bonds. The molecule has 5 nitrogen and oxygen atoms in total. The molecule has 0 radical (unpaired) electrons. The van der Waals surface area contributed by atoms with E-state index in [1.807, 2.05) is 6.92 Å². The van der Waals surface area contributed by atoms with E-state index in [1.165, 1.54) is 6.20 Å². The normalized spacial score (nSPS) is 14.2. The molecule has 0 spiro atoms. The minimum Gasteiger partial charge on any atom is -0.388 e. The van der Waals surface area contributed by atoms with Gasteiger partial charge >= 0.3 is 0 Å². The lowest BCUT2D eigenvalue weighted by Gasteiger charge is -2.23. The van der Waals surface area contributed by atoms with Crippen LogP contribution in [-0.2, 0) is 0 Å². The molecule has 3 N–H and O–H groups in total. The molecule has 0 aliphatic heterocycles. The van der Waals surface area contributed by atoms with Crippen LogP contribution in [0.4, 0.5) is 11.8 Å². The van der Waals surface area contributed by atoms with Crippen LogP contribution >= 0.6 is 11.6 Å². The first-order valence-corrected chi connectivity index (χ1v) is 6.03. The number of aromatic nitrogens is 2. The van der Waals surface area contributed by atoms with E-state index in [4.69, 9.17) is 11.6 Å². The summed E-state index contributed by atoms with van der Waals surface area (Å²) in [6, 6.07) is 0. The Hall–Kier alpha value is -1.07. The van der Waals surface area contributed by atoms with Crippen LogP contribution in [-0.4, -0.2) is 34.3 Å². The van der Waals surface area contributed by atoms with Crippen molar-refractivity contribution in [2.45, 2.75) is 32.3 Å². The summed E-state index contributed by atoms with van der Waals surface area (Å²) in [5.74, 6) is 1.02. The van der Waals surface area contributed by atoms with Crippen molar-refractivity contribution in [1.82, 2.24) is 9.97 Å². The summed E-state index contributed by atoms with van der Waals surface area (Å²) in [6.07, 6.45) is 3.17. The second kappa shape index (κ2) is 6.02. The number of halogens is 1. The summed E-state index contributed by atoms with van der Waals surface area (Å²) in [7, 11) is 1.74. The van der Waals surface area contributed by atoms with E-state index in [-0.39, 0.29) is 0 Å². The summed E-state index contributed by atoms with van der Waals surface area (Å²) in [5.41, 5.74) is -0.761. The van der Waals surface area contributed by atoms with Gasteiger partial charge in [-0.25, -0.2) is 4.98 Å². The second-order valence-corrected chi connectivity index (χ2v) is 4.65. The quantitative estimate of drug-likeness (QED) is 0.729. The number of hydrogen-bond donors (Lipinski definition) is 3. The first-order chi connectivity index (χ1) is 7.98. The Morgan fingerprint density at radius 3 is 2.82 bits per heavy atom. The number of nitrogens with one attached hydrogen (secondary N) is 2. The van der Waals surface area contributed by atoms with Crippen molar-refractivity contribution >= 4 is 23.4 Å². The summed E-state index contributed by atoms with van der Waals surface area (Å²) in [6.45, 7) is 4.23. The van der Waals surface area contributed by atoms with Gasteiger partial charge in [0.05, 0.1) is 11.8 Å². The predicted octanol–water partition coefficient (Wildman–Crippen LogP) is 2.13. The first kappa shape index (κ1) is 14.0. The number of hydrogen-bond acceptors (Lipinski definition) is 5. The second-order valence-electron chi connectivity index (χ2n) is 4.24. The highest BCUT2D eigenvalue weighted by molar-refractivity contribution is 6.32. The standard InChI is InChI=1S/C11H19ClN4O/c1-4-5-11(2,17)7-15-9-8(12)6-14-10(13-3)16-9/h6,17H,4-5,7H2,1-3H3,(H2,13,14,15,16). The molecule has 17 heavy (non-hydrogen) atoms. The van der Waals surface area contributed by atoms with Gasteiger partial charge in [0.2, 0.25) is 5.95 Å². The third-order valence-electron chi connectivity index (χ3n) is 2.39. The fourth-order valence-electron chi connectivity index (χ4n) is 1.51. The lowest BCUT2D eigenvalue weighted by Crippen LogP contribution is -2.33. The first-order valence-electron chi connectivity index (χ1n) is 5.65. The molecule has 1 aromatic heterocycles. The van der Waals surface area contributed by atoms with Crippen LogP contribution in [0.3, 0.4) is 0 Å². The molecule has 1 rings (SSSR count). The van der Waals surface area contributed by atoms with Gasteiger partial charge < -0.3 is 15.7 Å². The molecule has 1 unspecified atom stereocenters. The lowest BCUT2D eigenvalue weighted by atomic mass is 10.0. The molecule has 0 aromatic carbocycles.